The van der Waals surface area contributed by atoms with Crippen LogP contribution in [0, 0.1) is 0 Å². The SMILES string of the molecule is CCC(=O)Nc1ccc(N(C)C)c(CN(C[C@@H]2CCCO2)C(=O)c2ccc(OC)cc2)c1. The van der Waals surface area contributed by atoms with Crippen LogP contribution in [0.3, 0.4) is 0 Å². The summed E-state index contributed by atoms with van der Waals surface area (Å²) in [5.41, 5.74) is 3.29. The van der Waals surface area contributed by atoms with Gasteiger partial charge in [-0.25, -0.2) is 0 Å². The second-order valence-corrected chi connectivity index (χ2v) is 8.19. The van der Waals surface area contributed by atoms with Crippen LogP contribution < -0.4 is 15.0 Å². The summed E-state index contributed by atoms with van der Waals surface area (Å²) in [7, 11) is 5.55. The molecule has 0 spiro atoms. The summed E-state index contributed by atoms with van der Waals surface area (Å²) in [5.74, 6) is 0.608. The van der Waals surface area contributed by atoms with Gasteiger partial charge in [-0.05, 0) is 60.9 Å². The van der Waals surface area contributed by atoms with Crippen LogP contribution in [-0.4, -0.2) is 57.2 Å². The molecule has 7 nitrogen and oxygen atoms in total. The zero-order valence-electron chi connectivity index (χ0n) is 19.4. The van der Waals surface area contributed by atoms with Crippen LogP contribution in [0.5, 0.6) is 5.75 Å². The van der Waals surface area contributed by atoms with E-state index in [0.717, 1.165) is 36.4 Å². The van der Waals surface area contributed by atoms with Gasteiger partial charge in [-0.1, -0.05) is 6.92 Å². The first-order valence-corrected chi connectivity index (χ1v) is 11.1. The van der Waals surface area contributed by atoms with Gasteiger partial charge in [0.25, 0.3) is 5.91 Å². The average Bonchev–Trinajstić information content (AvgIpc) is 3.31. The van der Waals surface area contributed by atoms with E-state index in [1.54, 1.807) is 31.4 Å². The van der Waals surface area contributed by atoms with E-state index in [1.165, 1.54) is 0 Å². The highest BCUT2D eigenvalue weighted by Gasteiger charge is 2.25. The number of carbonyl (C=O) groups excluding carboxylic acids is 2. The van der Waals surface area contributed by atoms with Gasteiger partial charge < -0.3 is 24.6 Å². The Morgan fingerprint density at radius 2 is 1.91 bits per heavy atom. The number of nitrogens with one attached hydrogen (secondary N) is 1. The second-order valence-electron chi connectivity index (χ2n) is 8.19. The van der Waals surface area contributed by atoms with Crippen molar-refractivity contribution >= 4 is 23.2 Å². The first-order valence-electron chi connectivity index (χ1n) is 11.1. The third-order valence-electron chi connectivity index (χ3n) is 5.60. The summed E-state index contributed by atoms with van der Waals surface area (Å²) in [6, 6.07) is 13.0. The van der Waals surface area contributed by atoms with Crippen LogP contribution in [0.2, 0.25) is 0 Å². The van der Waals surface area contributed by atoms with Gasteiger partial charge in [0.1, 0.15) is 5.75 Å². The lowest BCUT2D eigenvalue weighted by Crippen LogP contribution is -2.37. The maximum absolute atomic E-state index is 13.5. The number of ether oxygens (including phenoxy) is 2. The molecule has 0 unspecified atom stereocenters. The molecular formula is C25H33N3O4. The number of benzene rings is 2. The molecule has 1 heterocycles. The molecule has 1 aliphatic heterocycles. The van der Waals surface area contributed by atoms with E-state index in [1.807, 2.05) is 49.0 Å². The predicted octanol–water partition coefficient (Wildman–Crippen LogP) is 3.93. The monoisotopic (exact) mass is 439 g/mol. The lowest BCUT2D eigenvalue weighted by atomic mass is 10.1. The molecule has 1 fully saturated rings. The van der Waals surface area contributed by atoms with Gasteiger partial charge in [0.2, 0.25) is 5.91 Å². The highest BCUT2D eigenvalue weighted by molar-refractivity contribution is 5.94. The molecule has 0 radical (unpaired) electrons. The Balaban J connectivity index is 1.90. The molecule has 0 aliphatic carbocycles. The van der Waals surface area contributed by atoms with Gasteiger partial charge in [-0.3, -0.25) is 9.59 Å². The Bertz CT molecular complexity index is 921. The van der Waals surface area contributed by atoms with Gasteiger partial charge in [-0.15, -0.1) is 0 Å². The van der Waals surface area contributed by atoms with Crippen molar-refractivity contribution in [2.24, 2.45) is 0 Å². The Hall–Kier alpha value is -3.06. The lowest BCUT2D eigenvalue weighted by Gasteiger charge is -2.28. The molecular weight excluding hydrogens is 406 g/mol. The van der Waals surface area contributed by atoms with Crippen molar-refractivity contribution in [3.8, 4) is 5.75 Å². The predicted molar refractivity (Wildman–Crippen MR) is 126 cm³/mol. The molecule has 1 saturated heterocycles. The Morgan fingerprint density at radius 1 is 1.16 bits per heavy atom. The lowest BCUT2D eigenvalue weighted by molar-refractivity contribution is -0.115. The molecule has 2 aromatic rings. The molecule has 2 amide bonds. The molecule has 1 N–H and O–H groups in total. The largest absolute Gasteiger partial charge is 0.497 e. The summed E-state index contributed by atoms with van der Waals surface area (Å²) < 4.78 is 11.1. The van der Waals surface area contributed by atoms with Gasteiger partial charge in [0.05, 0.1) is 13.2 Å². The summed E-state index contributed by atoms with van der Waals surface area (Å²) in [5, 5.41) is 2.92. The zero-order chi connectivity index (χ0) is 23.1. The summed E-state index contributed by atoms with van der Waals surface area (Å²) in [6.45, 7) is 3.48. The molecule has 2 aromatic carbocycles. The number of hydrogen-bond acceptors (Lipinski definition) is 5. The molecule has 0 aromatic heterocycles. The van der Waals surface area contributed by atoms with Crippen molar-refractivity contribution in [3.05, 3.63) is 53.6 Å². The highest BCUT2D eigenvalue weighted by atomic mass is 16.5. The van der Waals surface area contributed by atoms with Crippen molar-refractivity contribution in [1.82, 2.24) is 4.90 Å². The second kappa shape index (κ2) is 11.0. The van der Waals surface area contributed by atoms with Crippen LogP contribution in [0.15, 0.2) is 42.5 Å². The minimum atomic E-state index is -0.0594. The Kier molecular flexibility index (Phi) is 8.11. The Morgan fingerprint density at radius 3 is 2.50 bits per heavy atom. The van der Waals surface area contributed by atoms with E-state index in [0.29, 0.717) is 30.8 Å². The number of hydrogen-bond donors (Lipinski definition) is 1. The smallest absolute Gasteiger partial charge is 0.254 e. The van der Waals surface area contributed by atoms with Crippen LogP contribution in [0.4, 0.5) is 11.4 Å². The summed E-state index contributed by atoms with van der Waals surface area (Å²) in [4.78, 5) is 29.2. The third kappa shape index (κ3) is 6.01. The number of carbonyl (C=O) groups is 2. The normalized spacial score (nSPS) is 15.3. The van der Waals surface area contributed by atoms with Crippen molar-refractivity contribution in [2.45, 2.75) is 38.8 Å². The highest BCUT2D eigenvalue weighted by Crippen LogP contribution is 2.26. The third-order valence-corrected chi connectivity index (χ3v) is 5.60. The van der Waals surface area contributed by atoms with Crippen molar-refractivity contribution in [2.75, 3.05) is 44.6 Å². The number of rotatable bonds is 9. The first kappa shape index (κ1) is 23.6. The minimum Gasteiger partial charge on any atom is -0.497 e. The van der Waals surface area contributed by atoms with Crippen LogP contribution in [0.25, 0.3) is 0 Å². The van der Waals surface area contributed by atoms with Gasteiger partial charge in [-0.2, -0.15) is 0 Å². The molecule has 0 bridgehead atoms. The molecule has 172 valence electrons. The van der Waals surface area contributed by atoms with Gasteiger partial charge in [0.15, 0.2) is 0 Å². The van der Waals surface area contributed by atoms with Crippen molar-refractivity contribution in [1.29, 1.82) is 0 Å². The number of anilines is 2. The first-order chi connectivity index (χ1) is 15.4. The summed E-state index contributed by atoms with van der Waals surface area (Å²) in [6.07, 6.45) is 2.39. The van der Waals surface area contributed by atoms with Crippen molar-refractivity contribution < 1.29 is 19.1 Å². The van der Waals surface area contributed by atoms with E-state index in [9.17, 15) is 9.59 Å². The fourth-order valence-corrected chi connectivity index (χ4v) is 3.85. The molecule has 1 atom stereocenters. The van der Waals surface area contributed by atoms with Crippen molar-refractivity contribution in [3.63, 3.8) is 0 Å². The number of methoxy groups -OCH3 is 1. The zero-order valence-corrected chi connectivity index (χ0v) is 19.4. The van der Waals surface area contributed by atoms with E-state index in [4.69, 9.17) is 9.47 Å². The fraction of sp³-hybridized carbons (Fsp3) is 0.440. The maximum atomic E-state index is 13.5. The van der Waals surface area contributed by atoms with E-state index >= 15 is 0 Å². The number of nitrogens with zero attached hydrogens (tertiary/aromatic N) is 2. The molecule has 7 heteroatoms. The minimum absolute atomic E-state index is 0.0305. The van der Waals surface area contributed by atoms with Gasteiger partial charge >= 0.3 is 0 Å². The van der Waals surface area contributed by atoms with Crippen LogP contribution in [0.1, 0.15) is 42.1 Å². The molecule has 3 rings (SSSR count). The average molecular weight is 440 g/mol. The Labute approximate surface area is 190 Å². The van der Waals surface area contributed by atoms with E-state index in [-0.39, 0.29) is 17.9 Å². The quantitative estimate of drug-likeness (QED) is 0.641. The van der Waals surface area contributed by atoms with Gasteiger partial charge in [0, 0.05) is 57.2 Å². The molecule has 0 saturated carbocycles. The molecule has 1 aliphatic rings. The summed E-state index contributed by atoms with van der Waals surface area (Å²) >= 11 is 0. The van der Waals surface area contributed by atoms with E-state index in [2.05, 4.69) is 5.32 Å². The van der Waals surface area contributed by atoms with E-state index < -0.39 is 0 Å². The fourth-order valence-electron chi connectivity index (χ4n) is 3.85. The molecule has 32 heavy (non-hydrogen) atoms. The number of amides is 2. The van der Waals surface area contributed by atoms with Crippen LogP contribution >= 0.6 is 0 Å². The van der Waals surface area contributed by atoms with Crippen LogP contribution in [-0.2, 0) is 16.1 Å². The maximum Gasteiger partial charge on any atom is 0.254 e. The standard InChI is InChI=1S/C25H33N3O4/c1-5-24(29)26-20-10-13-23(27(2)3)19(15-20)16-28(17-22-7-6-14-32-22)25(30)18-8-11-21(31-4)12-9-18/h8-13,15,22H,5-7,14,16-17H2,1-4H3,(H,26,29)/t22-/m0/s1. The topological polar surface area (TPSA) is 71.1 Å².